The Kier molecular flexibility index (Phi) is 2.73. The molecular formula is C10H12N6O. The first-order valence-electron chi connectivity index (χ1n) is 4.99. The zero-order chi connectivity index (χ0) is 12.4. The van der Waals surface area contributed by atoms with Gasteiger partial charge in [0.15, 0.2) is 5.82 Å². The summed E-state index contributed by atoms with van der Waals surface area (Å²) in [6, 6.07) is 1.67. The maximum Gasteiger partial charge on any atom is 0.258 e. The summed E-state index contributed by atoms with van der Waals surface area (Å²) in [6.07, 6.45) is 1.43. The lowest BCUT2D eigenvalue weighted by molar-refractivity contribution is 0.102. The molecule has 17 heavy (non-hydrogen) atoms. The summed E-state index contributed by atoms with van der Waals surface area (Å²) in [5.74, 6) is 0.0836. The van der Waals surface area contributed by atoms with E-state index in [-0.39, 0.29) is 5.91 Å². The number of nitrogens with two attached hydrogens (primary N) is 1. The highest BCUT2D eigenvalue weighted by Gasteiger charge is 2.13. The molecule has 88 valence electrons. The topological polar surface area (TPSA) is 110 Å². The molecule has 2 rings (SSSR count). The second kappa shape index (κ2) is 4.20. The molecule has 0 saturated carbocycles. The van der Waals surface area contributed by atoms with Crippen molar-refractivity contribution in [2.24, 2.45) is 0 Å². The highest BCUT2D eigenvalue weighted by molar-refractivity contribution is 6.05. The Bertz CT molecular complexity index is 562. The molecule has 7 nitrogen and oxygen atoms in total. The minimum Gasteiger partial charge on any atom is -0.394 e. The van der Waals surface area contributed by atoms with E-state index in [0.29, 0.717) is 28.5 Å². The van der Waals surface area contributed by atoms with Crippen LogP contribution in [0.5, 0.6) is 0 Å². The first-order valence-corrected chi connectivity index (χ1v) is 4.99. The SMILES string of the molecule is Cc1cc(C(=O)Nc2[nH]ncc2N)c(C)nn1. The van der Waals surface area contributed by atoms with E-state index in [0.717, 1.165) is 0 Å². The predicted molar refractivity (Wildman–Crippen MR) is 62.5 cm³/mol. The van der Waals surface area contributed by atoms with Gasteiger partial charge < -0.3 is 11.1 Å². The van der Waals surface area contributed by atoms with Crippen LogP contribution >= 0.6 is 0 Å². The van der Waals surface area contributed by atoms with Crippen molar-refractivity contribution in [3.63, 3.8) is 0 Å². The molecule has 0 radical (unpaired) electrons. The average Bonchev–Trinajstić information content (AvgIpc) is 2.68. The molecule has 2 aromatic rings. The van der Waals surface area contributed by atoms with Crippen molar-refractivity contribution < 1.29 is 4.79 Å². The molecule has 0 unspecified atom stereocenters. The second-order valence-corrected chi connectivity index (χ2v) is 3.64. The highest BCUT2D eigenvalue weighted by atomic mass is 16.1. The van der Waals surface area contributed by atoms with Crippen molar-refractivity contribution in [1.82, 2.24) is 20.4 Å². The number of H-pyrrole nitrogens is 1. The van der Waals surface area contributed by atoms with E-state index in [1.165, 1.54) is 6.20 Å². The molecule has 0 aliphatic carbocycles. The quantitative estimate of drug-likeness (QED) is 0.704. The van der Waals surface area contributed by atoms with Gasteiger partial charge in [-0.3, -0.25) is 9.89 Å². The standard InChI is InChI=1S/C10H12N6O/c1-5-3-7(6(2)15-14-5)10(17)13-9-8(11)4-12-16-9/h3-4H,11H2,1-2H3,(H2,12,13,16,17). The summed E-state index contributed by atoms with van der Waals surface area (Å²) in [6.45, 7) is 3.49. The van der Waals surface area contributed by atoms with Gasteiger partial charge in [0.2, 0.25) is 0 Å². The first kappa shape index (κ1) is 11.1. The molecule has 0 aromatic carbocycles. The number of nitrogen functional groups attached to an aromatic ring is 1. The largest absolute Gasteiger partial charge is 0.394 e. The summed E-state index contributed by atoms with van der Waals surface area (Å²) in [5, 5.41) is 16.7. The average molecular weight is 232 g/mol. The lowest BCUT2D eigenvalue weighted by atomic mass is 10.2. The first-order chi connectivity index (χ1) is 8.08. The number of aryl methyl sites for hydroxylation is 2. The minimum absolute atomic E-state index is 0.295. The Balaban J connectivity index is 2.26. The fourth-order valence-corrected chi connectivity index (χ4v) is 1.36. The number of anilines is 2. The summed E-state index contributed by atoms with van der Waals surface area (Å²) in [5.41, 5.74) is 7.69. The van der Waals surface area contributed by atoms with Crippen LogP contribution in [0.2, 0.25) is 0 Å². The smallest absolute Gasteiger partial charge is 0.258 e. The fraction of sp³-hybridized carbons (Fsp3) is 0.200. The molecular weight excluding hydrogens is 220 g/mol. The van der Waals surface area contributed by atoms with Crippen LogP contribution in [-0.4, -0.2) is 26.3 Å². The van der Waals surface area contributed by atoms with Crippen molar-refractivity contribution in [3.8, 4) is 0 Å². The van der Waals surface area contributed by atoms with Crippen LogP contribution < -0.4 is 11.1 Å². The van der Waals surface area contributed by atoms with Crippen LogP contribution in [0.15, 0.2) is 12.3 Å². The van der Waals surface area contributed by atoms with Crippen LogP contribution in [0.1, 0.15) is 21.7 Å². The van der Waals surface area contributed by atoms with Gasteiger partial charge >= 0.3 is 0 Å². The summed E-state index contributed by atoms with van der Waals surface area (Å²) in [4.78, 5) is 12.0. The lowest BCUT2D eigenvalue weighted by Gasteiger charge is -2.06. The number of nitrogens with zero attached hydrogens (tertiary/aromatic N) is 3. The van der Waals surface area contributed by atoms with Gasteiger partial charge in [0.1, 0.15) is 0 Å². The molecule has 0 aliphatic heterocycles. The van der Waals surface area contributed by atoms with Crippen LogP contribution in [0.3, 0.4) is 0 Å². The number of carbonyl (C=O) groups is 1. The van der Waals surface area contributed by atoms with E-state index in [1.807, 2.05) is 0 Å². The number of hydrogen-bond acceptors (Lipinski definition) is 5. The third kappa shape index (κ3) is 2.22. The number of aromatic amines is 1. The number of rotatable bonds is 2. The van der Waals surface area contributed by atoms with Gasteiger partial charge in [0, 0.05) is 0 Å². The van der Waals surface area contributed by atoms with Crippen LogP contribution in [0, 0.1) is 13.8 Å². The molecule has 2 heterocycles. The van der Waals surface area contributed by atoms with Crippen molar-refractivity contribution in [1.29, 1.82) is 0 Å². The van der Waals surface area contributed by atoms with E-state index < -0.39 is 0 Å². The Morgan fingerprint density at radius 3 is 2.82 bits per heavy atom. The molecule has 0 atom stereocenters. The fourth-order valence-electron chi connectivity index (χ4n) is 1.36. The van der Waals surface area contributed by atoms with Crippen LogP contribution in [0.4, 0.5) is 11.5 Å². The number of nitrogens with one attached hydrogen (secondary N) is 2. The van der Waals surface area contributed by atoms with Gasteiger partial charge in [0.05, 0.1) is 28.8 Å². The van der Waals surface area contributed by atoms with Gasteiger partial charge in [-0.05, 0) is 19.9 Å². The van der Waals surface area contributed by atoms with Crippen LogP contribution in [-0.2, 0) is 0 Å². The molecule has 0 fully saturated rings. The number of aromatic nitrogens is 4. The van der Waals surface area contributed by atoms with E-state index in [4.69, 9.17) is 5.73 Å². The molecule has 0 saturated heterocycles. The molecule has 4 N–H and O–H groups in total. The van der Waals surface area contributed by atoms with E-state index in [2.05, 4.69) is 25.7 Å². The molecule has 7 heteroatoms. The van der Waals surface area contributed by atoms with Crippen molar-refractivity contribution in [2.45, 2.75) is 13.8 Å². The third-order valence-electron chi connectivity index (χ3n) is 2.25. The van der Waals surface area contributed by atoms with Gasteiger partial charge in [-0.2, -0.15) is 15.3 Å². The van der Waals surface area contributed by atoms with E-state index in [1.54, 1.807) is 19.9 Å². The Morgan fingerprint density at radius 2 is 2.18 bits per heavy atom. The molecule has 0 spiro atoms. The highest BCUT2D eigenvalue weighted by Crippen LogP contribution is 2.14. The van der Waals surface area contributed by atoms with Gasteiger partial charge in [-0.1, -0.05) is 0 Å². The lowest BCUT2D eigenvalue weighted by Crippen LogP contribution is -2.16. The molecule has 2 aromatic heterocycles. The maximum atomic E-state index is 12.0. The zero-order valence-corrected chi connectivity index (χ0v) is 9.48. The summed E-state index contributed by atoms with van der Waals surface area (Å²) >= 11 is 0. The molecule has 1 amide bonds. The van der Waals surface area contributed by atoms with Gasteiger partial charge in [-0.15, -0.1) is 0 Å². The molecule has 0 aliphatic rings. The molecule has 0 bridgehead atoms. The third-order valence-corrected chi connectivity index (χ3v) is 2.25. The van der Waals surface area contributed by atoms with Crippen LogP contribution in [0.25, 0.3) is 0 Å². The van der Waals surface area contributed by atoms with Gasteiger partial charge in [0.25, 0.3) is 5.91 Å². The van der Waals surface area contributed by atoms with Crippen molar-refractivity contribution in [3.05, 3.63) is 29.2 Å². The van der Waals surface area contributed by atoms with E-state index in [9.17, 15) is 4.79 Å². The summed E-state index contributed by atoms with van der Waals surface area (Å²) in [7, 11) is 0. The minimum atomic E-state index is -0.295. The Morgan fingerprint density at radius 1 is 1.41 bits per heavy atom. The Hall–Kier alpha value is -2.44. The maximum absolute atomic E-state index is 12.0. The number of amides is 1. The number of carbonyl (C=O) groups excluding carboxylic acids is 1. The summed E-state index contributed by atoms with van der Waals surface area (Å²) < 4.78 is 0. The Labute approximate surface area is 97.4 Å². The van der Waals surface area contributed by atoms with Crippen molar-refractivity contribution >= 4 is 17.4 Å². The normalized spacial score (nSPS) is 10.2. The number of hydrogen-bond donors (Lipinski definition) is 3. The second-order valence-electron chi connectivity index (χ2n) is 3.64. The van der Waals surface area contributed by atoms with Crippen molar-refractivity contribution in [2.75, 3.05) is 11.1 Å². The van der Waals surface area contributed by atoms with E-state index >= 15 is 0 Å². The monoisotopic (exact) mass is 232 g/mol. The van der Waals surface area contributed by atoms with Gasteiger partial charge in [-0.25, -0.2) is 0 Å². The zero-order valence-electron chi connectivity index (χ0n) is 9.48. The predicted octanol–water partition coefficient (Wildman–Crippen LogP) is 0.651.